The Bertz CT molecular complexity index is 914. The number of halogens is 1. The van der Waals surface area contributed by atoms with Crippen molar-refractivity contribution in [3.05, 3.63) is 76.6 Å². The fourth-order valence-corrected chi connectivity index (χ4v) is 3.92. The Hall–Kier alpha value is -2.31. The molecule has 5 nitrogen and oxygen atoms in total. The van der Waals surface area contributed by atoms with E-state index < -0.39 is 0 Å². The van der Waals surface area contributed by atoms with Gasteiger partial charge in [-0.1, -0.05) is 65.8 Å². The molecule has 1 unspecified atom stereocenters. The van der Waals surface area contributed by atoms with Crippen LogP contribution < -0.4 is 0 Å². The quantitative estimate of drug-likeness (QED) is 0.570. The molecule has 3 aromatic rings. The topological polar surface area (TPSA) is 59.2 Å². The van der Waals surface area contributed by atoms with E-state index in [-0.39, 0.29) is 11.8 Å². The molecular formula is C20H18ClN3O2S. The summed E-state index contributed by atoms with van der Waals surface area (Å²) < 4.78 is 5.80. The largest absolute Gasteiger partial charge is 0.416 e. The highest BCUT2D eigenvalue weighted by atomic mass is 35.5. The number of nitrogens with zero attached hydrogens (tertiary/aromatic N) is 3. The van der Waals surface area contributed by atoms with E-state index in [0.717, 1.165) is 21.9 Å². The standard InChI is InChI=1S/C20H18ClN3O2S/c21-17-8-6-15(7-9-17)13-27-20-23-22-19(26-20)16-10-18(25)24(12-16)11-14-4-2-1-3-5-14/h1-9,16H,10-13H2. The number of hydrogen-bond donors (Lipinski definition) is 0. The fourth-order valence-electron chi connectivity index (χ4n) is 3.06. The van der Waals surface area contributed by atoms with Crippen molar-refractivity contribution in [2.75, 3.05) is 6.54 Å². The zero-order valence-corrected chi connectivity index (χ0v) is 16.1. The highest BCUT2D eigenvalue weighted by Crippen LogP contribution is 2.31. The molecular weight excluding hydrogens is 382 g/mol. The van der Waals surface area contributed by atoms with E-state index in [2.05, 4.69) is 10.2 Å². The highest BCUT2D eigenvalue weighted by Gasteiger charge is 2.34. The maximum atomic E-state index is 12.3. The number of likely N-dealkylation sites (tertiary alicyclic amines) is 1. The summed E-state index contributed by atoms with van der Waals surface area (Å²) in [5.41, 5.74) is 2.26. The smallest absolute Gasteiger partial charge is 0.276 e. The summed E-state index contributed by atoms with van der Waals surface area (Å²) in [6.45, 7) is 1.22. The maximum absolute atomic E-state index is 12.3. The molecule has 7 heteroatoms. The number of benzene rings is 2. The van der Waals surface area contributed by atoms with Crippen molar-refractivity contribution in [1.82, 2.24) is 15.1 Å². The van der Waals surface area contributed by atoms with Crippen molar-refractivity contribution < 1.29 is 9.21 Å². The monoisotopic (exact) mass is 399 g/mol. The normalized spacial score (nSPS) is 16.9. The molecule has 0 saturated carbocycles. The van der Waals surface area contributed by atoms with E-state index in [0.29, 0.717) is 30.6 Å². The van der Waals surface area contributed by atoms with Crippen LogP contribution in [0.1, 0.15) is 29.4 Å². The Morgan fingerprint density at radius 3 is 2.63 bits per heavy atom. The van der Waals surface area contributed by atoms with Gasteiger partial charge in [0.2, 0.25) is 11.8 Å². The van der Waals surface area contributed by atoms with E-state index in [1.807, 2.05) is 59.5 Å². The first kappa shape index (κ1) is 18.1. The van der Waals surface area contributed by atoms with Gasteiger partial charge in [0, 0.05) is 30.3 Å². The van der Waals surface area contributed by atoms with Crippen LogP contribution >= 0.6 is 23.4 Å². The summed E-state index contributed by atoms with van der Waals surface area (Å²) in [6.07, 6.45) is 0.413. The number of carbonyl (C=O) groups is 1. The summed E-state index contributed by atoms with van der Waals surface area (Å²) in [6, 6.07) is 17.7. The van der Waals surface area contributed by atoms with Gasteiger partial charge in [0.1, 0.15) is 0 Å². The fraction of sp³-hybridized carbons (Fsp3) is 0.250. The molecule has 1 atom stereocenters. The van der Waals surface area contributed by atoms with Crippen molar-refractivity contribution in [2.45, 2.75) is 29.9 Å². The lowest BCUT2D eigenvalue weighted by Crippen LogP contribution is -2.24. The van der Waals surface area contributed by atoms with Crippen molar-refractivity contribution in [3.63, 3.8) is 0 Å². The Labute approximate surface area is 166 Å². The molecule has 0 spiro atoms. The van der Waals surface area contributed by atoms with Gasteiger partial charge in [-0.2, -0.15) is 0 Å². The van der Waals surface area contributed by atoms with Gasteiger partial charge in [0.15, 0.2) is 0 Å². The van der Waals surface area contributed by atoms with Crippen LogP contribution in [0.3, 0.4) is 0 Å². The predicted molar refractivity (Wildman–Crippen MR) is 105 cm³/mol. The zero-order valence-electron chi connectivity index (χ0n) is 14.5. The van der Waals surface area contributed by atoms with Gasteiger partial charge < -0.3 is 9.32 Å². The number of aromatic nitrogens is 2. The Morgan fingerprint density at radius 1 is 1.07 bits per heavy atom. The van der Waals surface area contributed by atoms with Gasteiger partial charge in [-0.05, 0) is 23.3 Å². The second kappa shape index (κ2) is 8.15. The minimum atomic E-state index is -0.0430. The van der Waals surface area contributed by atoms with Crippen molar-refractivity contribution in [1.29, 1.82) is 0 Å². The number of rotatable bonds is 6. The van der Waals surface area contributed by atoms with Crippen LogP contribution in [0.2, 0.25) is 5.02 Å². The van der Waals surface area contributed by atoms with Gasteiger partial charge in [0.25, 0.3) is 5.22 Å². The second-order valence-corrected chi connectivity index (χ2v) is 7.85. The molecule has 0 N–H and O–H groups in total. The van der Waals surface area contributed by atoms with Crippen LogP contribution in [0, 0.1) is 0 Å². The minimum absolute atomic E-state index is 0.0430. The first-order valence-electron chi connectivity index (χ1n) is 8.70. The van der Waals surface area contributed by atoms with E-state index in [1.165, 1.54) is 11.8 Å². The molecule has 1 amide bonds. The van der Waals surface area contributed by atoms with Crippen LogP contribution in [0.25, 0.3) is 0 Å². The number of amides is 1. The molecule has 1 fully saturated rings. The molecule has 4 rings (SSSR count). The molecule has 0 radical (unpaired) electrons. The molecule has 1 aliphatic rings. The van der Waals surface area contributed by atoms with Crippen molar-refractivity contribution in [3.8, 4) is 0 Å². The summed E-state index contributed by atoms with van der Waals surface area (Å²) >= 11 is 7.38. The molecule has 27 heavy (non-hydrogen) atoms. The van der Waals surface area contributed by atoms with Crippen LogP contribution in [0.4, 0.5) is 0 Å². The van der Waals surface area contributed by atoms with Crippen LogP contribution in [-0.4, -0.2) is 27.5 Å². The van der Waals surface area contributed by atoms with E-state index in [9.17, 15) is 4.79 Å². The molecule has 0 bridgehead atoms. The summed E-state index contributed by atoms with van der Waals surface area (Å²) in [7, 11) is 0. The molecule has 138 valence electrons. The average molecular weight is 400 g/mol. The lowest BCUT2D eigenvalue weighted by Gasteiger charge is -2.15. The highest BCUT2D eigenvalue weighted by molar-refractivity contribution is 7.98. The third kappa shape index (κ3) is 4.51. The predicted octanol–water partition coefficient (Wildman–Crippen LogP) is 4.53. The first-order valence-corrected chi connectivity index (χ1v) is 10.1. The SMILES string of the molecule is O=C1CC(c2nnc(SCc3ccc(Cl)cc3)o2)CN1Cc1ccccc1. The van der Waals surface area contributed by atoms with Gasteiger partial charge in [-0.15, -0.1) is 10.2 Å². The van der Waals surface area contributed by atoms with E-state index >= 15 is 0 Å². The number of carbonyl (C=O) groups excluding carboxylic acids is 1. The summed E-state index contributed by atoms with van der Waals surface area (Å²) in [5, 5.41) is 9.52. The van der Waals surface area contributed by atoms with Gasteiger partial charge >= 0.3 is 0 Å². The Balaban J connectivity index is 1.35. The van der Waals surface area contributed by atoms with Crippen LogP contribution in [0.15, 0.2) is 64.2 Å². The minimum Gasteiger partial charge on any atom is -0.416 e. The average Bonchev–Trinajstić information content (AvgIpc) is 3.29. The molecule has 2 heterocycles. The molecule has 2 aromatic carbocycles. The van der Waals surface area contributed by atoms with Crippen LogP contribution in [0.5, 0.6) is 0 Å². The summed E-state index contributed by atoms with van der Waals surface area (Å²) in [4.78, 5) is 14.2. The molecule has 0 aliphatic carbocycles. The number of thioether (sulfide) groups is 1. The molecule has 1 aromatic heterocycles. The lowest BCUT2D eigenvalue weighted by atomic mass is 10.1. The third-order valence-corrected chi connectivity index (χ3v) is 5.62. The van der Waals surface area contributed by atoms with Crippen molar-refractivity contribution >= 4 is 29.3 Å². The zero-order chi connectivity index (χ0) is 18.6. The second-order valence-electron chi connectivity index (χ2n) is 6.48. The summed E-state index contributed by atoms with van der Waals surface area (Å²) in [5.74, 6) is 1.34. The maximum Gasteiger partial charge on any atom is 0.276 e. The molecule has 1 aliphatic heterocycles. The Morgan fingerprint density at radius 2 is 1.85 bits per heavy atom. The van der Waals surface area contributed by atoms with Crippen molar-refractivity contribution in [2.24, 2.45) is 0 Å². The lowest BCUT2D eigenvalue weighted by molar-refractivity contribution is -0.128. The van der Waals surface area contributed by atoms with E-state index in [4.69, 9.17) is 16.0 Å². The van der Waals surface area contributed by atoms with E-state index in [1.54, 1.807) is 0 Å². The number of hydrogen-bond acceptors (Lipinski definition) is 5. The Kier molecular flexibility index (Phi) is 5.45. The third-order valence-electron chi connectivity index (χ3n) is 4.48. The van der Waals surface area contributed by atoms with Gasteiger partial charge in [-0.3, -0.25) is 4.79 Å². The van der Waals surface area contributed by atoms with Gasteiger partial charge in [-0.25, -0.2) is 0 Å². The van der Waals surface area contributed by atoms with Crippen LogP contribution in [-0.2, 0) is 17.1 Å². The van der Waals surface area contributed by atoms with Gasteiger partial charge in [0.05, 0.1) is 5.92 Å². The molecule has 1 saturated heterocycles. The first-order chi connectivity index (χ1) is 13.2.